The van der Waals surface area contributed by atoms with Gasteiger partial charge in [0.15, 0.2) is 0 Å². The predicted molar refractivity (Wildman–Crippen MR) is 96.5 cm³/mol. The van der Waals surface area contributed by atoms with E-state index in [1.165, 1.54) is 0 Å². The molecule has 1 heterocycles. The van der Waals surface area contributed by atoms with Crippen LogP contribution in [0.25, 0.3) is 11.0 Å². The van der Waals surface area contributed by atoms with E-state index in [1.54, 1.807) is 12.4 Å². The molecule has 0 atom stereocenters. The molecule has 4 nitrogen and oxygen atoms in total. The van der Waals surface area contributed by atoms with Gasteiger partial charge in [0.05, 0.1) is 11.0 Å². The molecule has 1 aromatic heterocycles. The lowest BCUT2D eigenvalue weighted by atomic mass is 9.72. The number of aliphatic hydroxyl groups excluding tert-OH is 1. The Hall–Kier alpha value is -1.68. The highest BCUT2D eigenvalue weighted by Crippen LogP contribution is 2.38. The zero-order valence-electron chi connectivity index (χ0n) is 14.8. The molecular weight excluding hydrogens is 286 g/mol. The second-order valence-electron chi connectivity index (χ2n) is 7.92. The fraction of sp³-hybridized carbons (Fsp3) is 0.579. The van der Waals surface area contributed by atoms with E-state index in [0.717, 1.165) is 42.5 Å². The minimum absolute atomic E-state index is 0.177. The first-order valence-corrected chi connectivity index (χ1v) is 8.37. The van der Waals surface area contributed by atoms with Gasteiger partial charge in [0.1, 0.15) is 0 Å². The van der Waals surface area contributed by atoms with Gasteiger partial charge in [0.2, 0.25) is 0 Å². The smallest absolute Gasteiger partial charge is 0.0907 e. The highest BCUT2D eigenvalue weighted by molar-refractivity contribution is 5.78. The number of hydrogen-bond acceptors (Lipinski definition) is 4. The summed E-state index contributed by atoms with van der Waals surface area (Å²) in [4.78, 5) is 8.63. The maximum atomic E-state index is 9.19. The molecule has 1 aromatic carbocycles. The molecule has 0 aliphatic carbocycles. The van der Waals surface area contributed by atoms with Crippen LogP contribution in [-0.4, -0.2) is 28.2 Å². The van der Waals surface area contributed by atoms with Crippen LogP contribution in [0, 0.1) is 10.8 Å². The number of fused-ring (bicyclic) bond motifs is 1. The van der Waals surface area contributed by atoms with Crippen LogP contribution in [0.4, 0.5) is 5.69 Å². The van der Waals surface area contributed by atoms with Gasteiger partial charge >= 0.3 is 0 Å². The quantitative estimate of drug-likeness (QED) is 0.764. The van der Waals surface area contributed by atoms with Crippen molar-refractivity contribution in [3.63, 3.8) is 0 Å². The second-order valence-corrected chi connectivity index (χ2v) is 7.92. The summed E-state index contributed by atoms with van der Waals surface area (Å²) < 4.78 is 0. The van der Waals surface area contributed by atoms with Crippen molar-refractivity contribution >= 4 is 16.7 Å². The zero-order valence-corrected chi connectivity index (χ0v) is 14.8. The molecule has 0 saturated heterocycles. The Kier molecular flexibility index (Phi) is 5.58. The van der Waals surface area contributed by atoms with E-state index in [-0.39, 0.29) is 17.4 Å². The highest BCUT2D eigenvalue weighted by atomic mass is 16.3. The van der Waals surface area contributed by atoms with Crippen molar-refractivity contribution in [2.75, 3.05) is 18.5 Å². The van der Waals surface area contributed by atoms with Crippen LogP contribution in [0.15, 0.2) is 30.6 Å². The largest absolute Gasteiger partial charge is 0.396 e. The standard InChI is InChI=1S/C19H29N3O/c1-18(2,14-19(3,4)8-12-23)7-9-20-15-5-6-16-17(13-15)22-11-10-21-16/h5-6,10-11,13,20,23H,7-9,12,14H2,1-4H3. The Morgan fingerprint density at radius 1 is 0.957 bits per heavy atom. The molecule has 23 heavy (non-hydrogen) atoms. The number of aliphatic hydroxyl groups is 1. The van der Waals surface area contributed by atoms with Crippen LogP contribution in [0.3, 0.4) is 0 Å². The van der Waals surface area contributed by atoms with Crippen molar-refractivity contribution in [1.82, 2.24) is 9.97 Å². The summed E-state index contributed by atoms with van der Waals surface area (Å²) in [6.45, 7) is 10.3. The van der Waals surface area contributed by atoms with Gasteiger partial charge in [-0.25, -0.2) is 0 Å². The van der Waals surface area contributed by atoms with Gasteiger partial charge in [0, 0.05) is 31.2 Å². The normalized spacial score (nSPS) is 12.6. The summed E-state index contributed by atoms with van der Waals surface area (Å²) >= 11 is 0. The maximum Gasteiger partial charge on any atom is 0.0907 e. The fourth-order valence-corrected chi connectivity index (χ4v) is 3.39. The van der Waals surface area contributed by atoms with Gasteiger partial charge in [0.25, 0.3) is 0 Å². The Bertz CT molecular complexity index is 637. The van der Waals surface area contributed by atoms with Gasteiger partial charge < -0.3 is 10.4 Å². The molecule has 126 valence electrons. The lowest BCUT2D eigenvalue weighted by molar-refractivity contribution is 0.141. The maximum absolute atomic E-state index is 9.19. The molecule has 2 N–H and O–H groups in total. The molecule has 0 spiro atoms. The van der Waals surface area contributed by atoms with Gasteiger partial charge in [-0.15, -0.1) is 0 Å². The molecule has 0 unspecified atom stereocenters. The molecule has 0 fully saturated rings. The molecule has 0 aliphatic heterocycles. The first-order chi connectivity index (χ1) is 10.8. The van der Waals surface area contributed by atoms with Crippen molar-refractivity contribution in [3.8, 4) is 0 Å². The molecular formula is C19H29N3O. The summed E-state index contributed by atoms with van der Waals surface area (Å²) in [7, 11) is 0. The molecule has 2 rings (SSSR count). The fourth-order valence-electron chi connectivity index (χ4n) is 3.39. The minimum Gasteiger partial charge on any atom is -0.396 e. The summed E-state index contributed by atoms with van der Waals surface area (Å²) in [5, 5.41) is 12.7. The molecule has 0 radical (unpaired) electrons. The van der Waals surface area contributed by atoms with Crippen molar-refractivity contribution < 1.29 is 5.11 Å². The van der Waals surface area contributed by atoms with Gasteiger partial charge in [-0.2, -0.15) is 0 Å². The summed E-state index contributed by atoms with van der Waals surface area (Å²) in [6.07, 6.45) is 6.48. The van der Waals surface area contributed by atoms with Crippen molar-refractivity contribution in [2.45, 2.75) is 47.0 Å². The molecule has 2 aromatic rings. The van der Waals surface area contributed by atoms with Crippen molar-refractivity contribution in [2.24, 2.45) is 10.8 Å². The van der Waals surface area contributed by atoms with E-state index in [2.05, 4.69) is 49.0 Å². The Morgan fingerprint density at radius 2 is 1.61 bits per heavy atom. The number of aromatic nitrogens is 2. The number of nitrogens with zero attached hydrogens (tertiary/aromatic N) is 2. The van der Waals surface area contributed by atoms with E-state index in [9.17, 15) is 5.11 Å². The summed E-state index contributed by atoms with van der Waals surface area (Å²) in [6, 6.07) is 6.10. The van der Waals surface area contributed by atoms with E-state index in [0.29, 0.717) is 0 Å². The predicted octanol–water partition coefficient (Wildman–Crippen LogP) is 4.26. The van der Waals surface area contributed by atoms with Crippen LogP contribution in [-0.2, 0) is 0 Å². The van der Waals surface area contributed by atoms with Gasteiger partial charge in [-0.1, -0.05) is 27.7 Å². The lowest BCUT2D eigenvalue weighted by Crippen LogP contribution is -2.26. The first kappa shape index (κ1) is 17.7. The lowest BCUT2D eigenvalue weighted by Gasteiger charge is -2.35. The number of benzene rings is 1. The first-order valence-electron chi connectivity index (χ1n) is 8.37. The van der Waals surface area contributed by atoms with Crippen LogP contribution in [0.5, 0.6) is 0 Å². The Labute approximate surface area is 139 Å². The third-order valence-electron chi connectivity index (χ3n) is 4.35. The number of rotatable bonds is 8. The molecule has 4 heteroatoms. The monoisotopic (exact) mass is 315 g/mol. The van der Waals surface area contributed by atoms with Crippen LogP contribution in [0.1, 0.15) is 47.0 Å². The SMILES string of the molecule is CC(C)(CCO)CC(C)(C)CCNc1ccc2nccnc2c1. The van der Waals surface area contributed by atoms with Gasteiger partial charge in [-0.05, 0) is 48.3 Å². The third kappa shape index (κ3) is 5.47. The zero-order chi connectivity index (χ0) is 16.9. The van der Waals surface area contributed by atoms with E-state index in [1.807, 2.05) is 12.1 Å². The number of hydrogen-bond donors (Lipinski definition) is 2. The Morgan fingerprint density at radius 3 is 2.30 bits per heavy atom. The Balaban J connectivity index is 1.89. The second kappa shape index (κ2) is 7.26. The molecule has 0 amide bonds. The van der Waals surface area contributed by atoms with Crippen LogP contribution in [0.2, 0.25) is 0 Å². The minimum atomic E-state index is 0.177. The molecule has 0 bridgehead atoms. The topological polar surface area (TPSA) is 58.0 Å². The van der Waals surface area contributed by atoms with E-state index >= 15 is 0 Å². The molecule has 0 aliphatic rings. The van der Waals surface area contributed by atoms with Gasteiger partial charge in [-0.3, -0.25) is 9.97 Å². The van der Waals surface area contributed by atoms with Crippen molar-refractivity contribution in [3.05, 3.63) is 30.6 Å². The molecule has 0 saturated carbocycles. The van der Waals surface area contributed by atoms with E-state index < -0.39 is 0 Å². The third-order valence-corrected chi connectivity index (χ3v) is 4.35. The van der Waals surface area contributed by atoms with Crippen molar-refractivity contribution in [1.29, 1.82) is 0 Å². The summed E-state index contributed by atoms with van der Waals surface area (Å²) in [5.74, 6) is 0. The number of anilines is 1. The average Bonchev–Trinajstić information content (AvgIpc) is 2.45. The van der Waals surface area contributed by atoms with Crippen LogP contribution < -0.4 is 5.32 Å². The highest BCUT2D eigenvalue weighted by Gasteiger charge is 2.28. The van der Waals surface area contributed by atoms with Crippen LogP contribution >= 0.6 is 0 Å². The number of nitrogens with one attached hydrogen (secondary N) is 1. The van der Waals surface area contributed by atoms with E-state index in [4.69, 9.17) is 0 Å². The summed E-state index contributed by atoms with van der Waals surface area (Å²) in [5.41, 5.74) is 3.34. The average molecular weight is 315 g/mol.